The van der Waals surface area contributed by atoms with Gasteiger partial charge in [0.15, 0.2) is 23.8 Å². The third kappa shape index (κ3) is 5.04. The first-order valence-electron chi connectivity index (χ1n) is 7.83. The highest BCUT2D eigenvalue weighted by molar-refractivity contribution is 6.04. The van der Waals surface area contributed by atoms with Crippen molar-refractivity contribution in [3.63, 3.8) is 0 Å². The zero-order valence-electron chi connectivity index (χ0n) is 14.3. The Balaban J connectivity index is 0.00000261. The number of benzene rings is 1. The third-order valence-corrected chi connectivity index (χ3v) is 3.83. The first kappa shape index (κ1) is 20.8. The fraction of sp³-hybridized carbons (Fsp3) is 0.375. The van der Waals surface area contributed by atoms with Crippen molar-refractivity contribution in [2.45, 2.75) is 19.1 Å². The van der Waals surface area contributed by atoms with Gasteiger partial charge in [-0.1, -0.05) is 0 Å². The summed E-state index contributed by atoms with van der Waals surface area (Å²) in [6.45, 7) is -0.134. The van der Waals surface area contributed by atoms with Gasteiger partial charge in [0, 0.05) is 42.5 Å². The van der Waals surface area contributed by atoms with E-state index in [1.165, 1.54) is 25.3 Å². The number of carbonyl (C=O) groups excluding carboxylic acids is 1. The lowest BCUT2D eigenvalue weighted by molar-refractivity contribution is -0.153. The Morgan fingerprint density at radius 3 is 2.81 bits per heavy atom. The van der Waals surface area contributed by atoms with Crippen molar-refractivity contribution in [2.75, 3.05) is 25.6 Å². The summed E-state index contributed by atoms with van der Waals surface area (Å²) in [5.41, 5.74) is 2.21. The van der Waals surface area contributed by atoms with Gasteiger partial charge < -0.3 is 20.1 Å². The van der Waals surface area contributed by atoms with Crippen molar-refractivity contribution in [2.24, 2.45) is 0 Å². The molecule has 0 bridgehead atoms. The Morgan fingerprint density at radius 1 is 1.33 bits per heavy atom. The normalized spacial score (nSPS) is 13.3. The molecule has 0 radical (unpaired) electrons. The molecule has 11 heteroatoms. The number of nitrogens with one attached hydrogen (secondary N) is 3. The maximum absolute atomic E-state index is 12.5. The molecule has 1 aromatic heterocycles. The van der Waals surface area contributed by atoms with Crippen LogP contribution < -0.4 is 20.1 Å². The number of methoxy groups -OCH3 is 1. The lowest BCUT2D eigenvalue weighted by Crippen LogP contribution is -2.25. The maximum atomic E-state index is 12.5. The number of anilines is 1. The highest BCUT2D eigenvalue weighted by atomic mass is 35.5. The van der Waals surface area contributed by atoms with Crippen LogP contribution in [-0.2, 0) is 13.0 Å². The van der Waals surface area contributed by atoms with E-state index in [0.29, 0.717) is 6.54 Å². The minimum atomic E-state index is -4.48. The monoisotopic (exact) mass is 406 g/mol. The minimum absolute atomic E-state index is 0. The predicted molar refractivity (Wildman–Crippen MR) is 93.7 cm³/mol. The van der Waals surface area contributed by atoms with Crippen molar-refractivity contribution in [1.29, 1.82) is 0 Å². The van der Waals surface area contributed by atoms with Crippen LogP contribution in [-0.4, -0.2) is 42.5 Å². The van der Waals surface area contributed by atoms with E-state index in [-0.39, 0.29) is 35.3 Å². The molecule has 1 aliphatic heterocycles. The van der Waals surface area contributed by atoms with Gasteiger partial charge in [0.25, 0.3) is 5.91 Å². The van der Waals surface area contributed by atoms with E-state index in [9.17, 15) is 18.0 Å². The molecule has 0 saturated heterocycles. The number of alkyl halides is 3. The smallest absolute Gasteiger partial charge is 0.422 e. The van der Waals surface area contributed by atoms with Gasteiger partial charge in [-0.15, -0.1) is 12.4 Å². The van der Waals surface area contributed by atoms with Crippen LogP contribution >= 0.6 is 12.4 Å². The summed E-state index contributed by atoms with van der Waals surface area (Å²) in [5, 5.41) is 12.7. The molecular weight excluding hydrogens is 389 g/mol. The van der Waals surface area contributed by atoms with Gasteiger partial charge in [0.2, 0.25) is 0 Å². The van der Waals surface area contributed by atoms with Crippen LogP contribution in [0.4, 0.5) is 18.9 Å². The molecule has 1 aliphatic rings. The number of fused-ring (bicyclic) bond motifs is 1. The molecule has 148 valence electrons. The maximum Gasteiger partial charge on any atom is 0.422 e. The molecule has 0 saturated carbocycles. The average molecular weight is 407 g/mol. The highest BCUT2D eigenvalue weighted by Crippen LogP contribution is 2.32. The molecule has 0 atom stereocenters. The number of hydrogen-bond donors (Lipinski definition) is 3. The second kappa shape index (κ2) is 8.49. The minimum Gasteiger partial charge on any atom is -0.493 e. The van der Waals surface area contributed by atoms with Crippen LogP contribution in [0.3, 0.4) is 0 Å². The van der Waals surface area contributed by atoms with Gasteiger partial charge in [-0.05, 0) is 12.1 Å². The molecule has 2 heterocycles. The van der Waals surface area contributed by atoms with E-state index in [4.69, 9.17) is 9.47 Å². The van der Waals surface area contributed by atoms with Crippen LogP contribution in [0.15, 0.2) is 18.2 Å². The van der Waals surface area contributed by atoms with Crippen molar-refractivity contribution in [3.8, 4) is 11.5 Å². The van der Waals surface area contributed by atoms with Crippen LogP contribution in [0.25, 0.3) is 0 Å². The second-order valence-electron chi connectivity index (χ2n) is 5.68. The number of carbonyl (C=O) groups is 1. The van der Waals surface area contributed by atoms with Gasteiger partial charge in [-0.3, -0.25) is 9.89 Å². The summed E-state index contributed by atoms with van der Waals surface area (Å²) in [4.78, 5) is 12.5. The van der Waals surface area contributed by atoms with Gasteiger partial charge in [0.05, 0.1) is 7.11 Å². The van der Waals surface area contributed by atoms with E-state index in [2.05, 4.69) is 20.8 Å². The van der Waals surface area contributed by atoms with E-state index < -0.39 is 18.7 Å². The van der Waals surface area contributed by atoms with E-state index >= 15 is 0 Å². The molecule has 7 nitrogen and oxygen atoms in total. The first-order valence-corrected chi connectivity index (χ1v) is 7.83. The standard InChI is InChI=1S/C16H17F3N4O3.ClH/c1-25-12-3-2-9(6-13(12)26-8-16(17,18)19)21-15(24)14-10-7-20-5-4-11(10)22-23-14;/h2-3,6,20H,4-5,7-8H2,1H3,(H,21,24)(H,22,23);1H. The molecule has 27 heavy (non-hydrogen) atoms. The number of nitrogens with zero attached hydrogens (tertiary/aromatic N) is 1. The Hall–Kier alpha value is -2.46. The van der Waals surface area contributed by atoms with Crippen molar-refractivity contribution in [3.05, 3.63) is 35.2 Å². The van der Waals surface area contributed by atoms with Gasteiger partial charge in [-0.2, -0.15) is 18.3 Å². The Morgan fingerprint density at radius 2 is 2.11 bits per heavy atom. The molecule has 0 spiro atoms. The van der Waals surface area contributed by atoms with Gasteiger partial charge >= 0.3 is 6.18 Å². The van der Waals surface area contributed by atoms with Crippen LogP contribution in [0.2, 0.25) is 0 Å². The first-order chi connectivity index (χ1) is 12.4. The molecule has 0 fully saturated rings. The average Bonchev–Trinajstić information content (AvgIpc) is 3.03. The molecule has 0 aliphatic carbocycles. The number of amides is 1. The molecule has 3 N–H and O–H groups in total. The van der Waals surface area contributed by atoms with Crippen LogP contribution in [0, 0.1) is 0 Å². The molecular formula is C16H18ClF3N4O3. The number of aromatic amines is 1. The van der Waals surface area contributed by atoms with Crippen molar-refractivity contribution < 1.29 is 27.4 Å². The Bertz CT molecular complexity index is 811. The highest BCUT2D eigenvalue weighted by Gasteiger charge is 2.29. The largest absolute Gasteiger partial charge is 0.493 e. The zero-order valence-corrected chi connectivity index (χ0v) is 15.1. The fourth-order valence-corrected chi connectivity index (χ4v) is 2.63. The van der Waals surface area contributed by atoms with E-state index in [1.807, 2.05) is 0 Å². The number of rotatable bonds is 5. The summed E-state index contributed by atoms with van der Waals surface area (Å²) in [7, 11) is 1.32. The zero-order chi connectivity index (χ0) is 18.7. The summed E-state index contributed by atoms with van der Waals surface area (Å²) >= 11 is 0. The molecule has 2 aromatic rings. The van der Waals surface area contributed by atoms with Crippen molar-refractivity contribution >= 4 is 24.0 Å². The quantitative estimate of drug-likeness (QED) is 0.710. The van der Waals surface area contributed by atoms with Gasteiger partial charge in [0.1, 0.15) is 0 Å². The molecule has 1 amide bonds. The summed E-state index contributed by atoms with van der Waals surface area (Å²) in [6, 6.07) is 4.21. The number of halogens is 4. The Labute approximate surface area is 159 Å². The number of H-pyrrole nitrogens is 1. The molecule has 1 aromatic carbocycles. The topological polar surface area (TPSA) is 88.3 Å². The fourth-order valence-electron chi connectivity index (χ4n) is 2.63. The summed E-state index contributed by atoms with van der Waals surface area (Å²) < 4.78 is 46.9. The lowest BCUT2D eigenvalue weighted by Gasteiger charge is -2.15. The lowest BCUT2D eigenvalue weighted by atomic mass is 10.1. The van der Waals surface area contributed by atoms with E-state index in [1.54, 1.807) is 0 Å². The Kier molecular flexibility index (Phi) is 6.55. The van der Waals surface area contributed by atoms with Gasteiger partial charge in [-0.25, -0.2) is 0 Å². The van der Waals surface area contributed by atoms with Crippen molar-refractivity contribution in [1.82, 2.24) is 15.5 Å². The SMILES string of the molecule is COc1ccc(NC(=O)c2n[nH]c3c2CNCC3)cc1OCC(F)(F)F.Cl. The predicted octanol–water partition coefficient (Wildman–Crippen LogP) is 2.68. The summed E-state index contributed by atoms with van der Waals surface area (Å²) in [5.74, 6) is -0.444. The summed E-state index contributed by atoms with van der Waals surface area (Å²) in [6.07, 6.45) is -3.74. The number of ether oxygens (including phenoxy) is 2. The molecule has 0 unspecified atom stereocenters. The molecule has 3 rings (SSSR count). The van der Waals surface area contributed by atoms with E-state index in [0.717, 1.165) is 24.2 Å². The van der Waals surface area contributed by atoms with Crippen LogP contribution in [0.5, 0.6) is 11.5 Å². The second-order valence-corrected chi connectivity index (χ2v) is 5.68. The number of aromatic nitrogens is 2. The third-order valence-electron chi connectivity index (χ3n) is 3.83. The van der Waals surface area contributed by atoms with Crippen LogP contribution in [0.1, 0.15) is 21.7 Å². The number of hydrogen-bond acceptors (Lipinski definition) is 5.